The number of allylic oxidation sites excluding steroid dienone is 3. The first-order valence-corrected chi connectivity index (χ1v) is 16.5. The molecule has 1 aliphatic heterocycles. The van der Waals surface area contributed by atoms with Gasteiger partial charge in [-0.15, -0.1) is 0 Å². The number of aliphatic hydroxyl groups is 3. The molecule has 236 valence electrons. The summed E-state index contributed by atoms with van der Waals surface area (Å²) in [7, 11) is 0. The van der Waals surface area contributed by atoms with Gasteiger partial charge in [-0.05, 0) is 97.2 Å². The van der Waals surface area contributed by atoms with Crippen molar-refractivity contribution < 1.29 is 34.7 Å². The number of rotatable bonds is 3. The van der Waals surface area contributed by atoms with Gasteiger partial charge in [-0.3, -0.25) is 4.79 Å². The van der Waals surface area contributed by atoms with E-state index in [-0.39, 0.29) is 40.3 Å². The Balaban J connectivity index is 1.31. The van der Waals surface area contributed by atoms with Gasteiger partial charge < -0.3 is 29.9 Å². The molecule has 7 heteroatoms. The number of carboxylic acids is 1. The summed E-state index contributed by atoms with van der Waals surface area (Å²) in [6.45, 7) is 18.8. The highest BCUT2D eigenvalue weighted by molar-refractivity contribution is 5.77. The van der Waals surface area contributed by atoms with Crippen LogP contribution in [0.25, 0.3) is 0 Å². The smallest absolute Gasteiger partial charge is 0.310 e. The molecule has 0 bridgehead atoms. The predicted octanol–water partition coefficient (Wildman–Crippen LogP) is 5.47. The Morgan fingerprint density at radius 1 is 0.952 bits per heavy atom. The monoisotopic (exact) mass is 586 g/mol. The molecule has 0 unspecified atom stereocenters. The maximum atomic E-state index is 12.9. The van der Waals surface area contributed by atoms with Crippen molar-refractivity contribution in [2.75, 3.05) is 6.61 Å². The second kappa shape index (κ2) is 9.87. The minimum atomic E-state index is -1.28. The average molecular weight is 587 g/mol. The summed E-state index contributed by atoms with van der Waals surface area (Å²) in [4.78, 5) is 12.9. The fraction of sp³-hybridized carbons (Fsp3) is 0.857. The molecule has 4 N–H and O–H groups in total. The zero-order valence-corrected chi connectivity index (χ0v) is 26.6. The van der Waals surface area contributed by atoms with Gasteiger partial charge in [0.05, 0.1) is 18.1 Å². The molecule has 0 radical (unpaired) electrons. The van der Waals surface area contributed by atoms with Crippen LogP contribution in [0, 0.1) is 50.7 Å². The molecule has 0 aromatic carbocycles. The predicted molar refractivity (Wildman–Crippen MR) is 159 cm³/mol. The summed E-state index contributed by atoms with van der Waals surface area (Å²) in [5.74, 6) is 0.509. The second-order valence-electron chi connectivity index (χ2n) is 16.4. The van der Waals surface area contributed by atoms with E-state index < -0.39 is 36.0 Å². The van der Waals surface area contributed by atoms with Crippen LogP contribution in [0.2, 0.25) is 0 Å². The van der Waals surface area contributed by atoms with Crippen LogP contribution in [0.1, 0.15) is 99.3 Å². The van der Waals surface area contributed by atoms with E-state index >= 15 is 0 Å². The van der Waals surface area contributed by atoms with Crippen molar-refractivity contribution in [1.29, 1.82) is 0 Å². The number of carbonyl (C=O) groups is 1. The lowest BCUT2D eigenvalue weighted by atomic mass is 9.33. The molecule has 1 saturated heterocycles. The number of carboxylic acid groups (broad SMARTS) is 1. The third-order valence-corrected chi connectivity index (χ3v) is 14.6. The summed E-state index contributed by atoms with van der Waals surface area (Å²) < 4.78 is 12.1. The molecule has 5 fully saturated rings. The van der Waals surface area contributed by atoms with Gasteiger partial charge in [-0.2, -0.15) is 0 Å². The minimum absolute atomic E-state index is 0.0553. The highest BCUT2D eigenvalue weighted by Gasteiger charge is 2.69. The molecule has 0 aromatic rings. The maximum Gasteiger partial charge on any atom is 0.310 e. The lowest BCUT2D eigenvalue weighted by molar-refractivity contribution is -0.308. The van der Waals surface area contributed by atoms with Crippen LogP contribution in [-0.2, 0) is 14.3 Å². The maximum absolute atomic E-state index is 12.9. The Labute approximate surface area is 251 Å². The summed E-state index contributed by atoms with van der Waals surface area (Å²) in [5.41, 5.74) is 1.68. The summed E-state index contributed by atoms with van der Waals surface area (Å²) in [6.07, 6.45) is 5.97. The standard InChI is InChI=1S/C35H54O7/c1-19-10-15-35(30(39)40)17-16-33(6)21(26(35)20(19)2)8-9-24-32(5)13-12-25(31(3,4)23(32)11-14-34(24,33)7)42-29-28(38)27(37)22(36)18-41-29/h8,19,22-29,36-38H,2,9-18H2,1,3-7H3,(H,39,40)/t19-,22+,23+,24+,25+,26+,27+,28-,29+,32+,33-,34-,35+/m1/s1. The molecular weight excluding hydrogens is 532 g/mol. The molecule has 7 nitrogen and oxygen atoms in total. The first-order chi connectivity index (χ1) is 19.5. The van der Waals surface area contributed by atoms with E-state index in [4.69, 9.17) is 9.47 Å². The highest BCUT2D eigenvalue weighted by atomic mass is 16.7. The fourth-order valence-corrected chi connectivity index (χ4v) is 11.7. The molecule has 0 amide bonds. The SMILES string of the molecule is C=C1[C@H]2C3=CC[C@H]4[C@@]5(C)CC[C@H](O[C@@H]6OC[C@H](O)[C@H](O)[C@H]6O)C(C)(C)[C@@H]5CC[C@@]4(C)[C@]3(C)CC[C@@]2(C(=O)O)CC[C@H]1C. The van der Waals surface area contributed by atoms with Gasteiger partial charge in [-0.25, -0.2) is 0 Å². The zero-order valence-electron chi connectivity index (χ0n) is 26.6. The van der Waals surface area contributed by atoms with E-state index in [1.165, 1.54) is 5.57 Å². The number of hydrogen-bond acceptors (Lipinski definition) is 6. The van der Waals surface area contributed by atoms with Crippen molar-refractivity contribution in [2.24, 2.45) is 50.7 Å². The van der Waals surface area contributed by atoms with E-state index in [1.54, 1.807) is 0 Å². The molecule has 6 rings (SSSR count). The second-order valence-corrected chi connectivity index (χ2v) is 16.4. The lowest BCUT2D eigenvalue weighted by Gasteiger charge is -2.71. The van der Waals surface area contributed by atoms with Crippen molar-refractivity contribution >= 4 is 5.97 Å². The molecule has 5 aliphatic carbocycles. The van der Waals surface area contributed by atoms with E-state index in [9.17, 15) is 25.2 Å². The lowest BCUT2D eigenvalue weighted by Crippen LogP contribution is -2.65. The van der Waals surface area contributed by atoms with Crippen LogP contribution in [0.5, 0.6) is 0 Å². The van der Waals surface area contributed by atoms with E-state index in [0.717, 1.165) is 63.4 Å². The van der Waals surface area contributed by atoms with Crippen molar-refractivity contribution in [3.05, 3.63) is 23.8 Å². The topological polar surface area (TPSA) is 116 Å². The quantitative estimate of drug-likeness (QED) is 0.256. The van der Waals surface area contributed by atoms with Crippen LogP contribution < -0.4 is 0 Å². The van der Waals surface area contributed by atoms with Crippen molar-refractivity contribution in [2.45, 2.75) is 130 Å². The Hall–Kier alpha value is -1.25. The Morgan fingerprint density at radius 2 is 1.67 bits per heavy atom. The van der Waals surface area contributed by atoms with Gasteiger partial charge in [0.2, 0.25) is 0 Å². The van der Waals surface area contributed by atoms with Crippen LogP contribution in [0.3, 0.4) is 0 Å². The van der Waals surface area contributed by atoms with Crippen molar-refractivity contribution in [1.82, 2.24) is 0 Å². The summed E-state index contributed by atoms with van der Waals surface area (Å²) in [5, 5.41) is 41.3. The van der Waals surface area contributed by atoms with E-state index in [2.05, 4.69) is 54.2 Å². The van der Waals surface area contributed by atoms with Crippen LogP contribution in [0.15, 0.2) is 23.8 Å². The van der Waals surface area contributed by atoms with Crippen LogP contribution >= 0.6 is 0 Å². The molecule has 1 heterocycles. The number of aliphatic hydroxyl groups excluding tert-OH is 3. The normalized spacial score (nSPS) is 53.6. The molecule has 13 atom stereocenters. The zero-order chi connectivity index (χ0) is 30.6. The Kier molecular flexibility index (Phi) is 7.23. The fourth-order valence-electron chi connectivity index (χ4n) is 11.7. The number of ether oxygens (including phenoxy) is 2. The number of fused-ring (bicyclic) bond motifs is 7. The molecule has 6 aliphatic rings. The minimum Gasteiger partial charge on any atom is -0.481 e. The van der Waals surface area contributed by atoms with E-state index in [0.29, 0.717) is 17.8 Å². The first-order valence-electron chi connectivity index (χ1n) is 16.5. The number of hydrogen-bond donors (Lipinski definition) is 4. The van der Waals surface area contributed by atoms with Gasteiger partial charge in [0.25, 0.3) is 0 Å². The molecular formula is C35H54O7. The Morgan fingerprint density at radius 3 is 2.36 bits per heavy atom. The largest absolute Gasteiger partial charge is 0.481 e. The Bertz CT molecular complexity index is 1160. The van der Waals surface area contributed by atoms with Gasteiger partial charge >= 0.3 is 5.97 Å². The molecule has 0 spiro atoms. The van der Waals surface area contributed by atoms with Crippen molar-refractivity contribution in [3.8, 4) is 0 Å². The van der Waals surface area contributed by atoms with Gasteiger partial charge in [0.1, 0.15) is 18.3 Å². The average Bonchev–Trinajstić information content (AvgIpc) is 2.92. The number of aliphatic carboxylic acids is 1. The van der Waals surface area contributed by atoms with Crippen molar-refractivity contribution in [3.63, 3.8) is 0 Å². The molecule has 4 saturated carbocycles. The summed E-state index contributed by atoms with van der Waals surface area (Å²) >= 11 is 0. The third kappa shape index (κ3) is 3.92. The van der Waals surface area contributed by atoms with E-state index in [1.807, 2.05) is 0 Å². The van der Waals surface area contributed by atoms with Crippen LogP contribution in [-0.4, -0.2) is 63.7 Å². The summed E-state index contributed by atoms with van der Waals surface area (Å²) in [6, 6.07) is 0. The third-order valence-electron chi connectivity index (χ3n) is 14.6. The van der Waals surface area contributed by atoms with Gasteiger partial charge in [-0.1, -0.05) is 65.3 Å². The first kappa shape index (κ1) is 30.8. The molecule has 0 aromatic heterocycles. The van der Waals surface area contributed by atoms with Crippen LogP contribution in [0.4, 0.5) is 0 Å². The van der Waals surface area contributed by atoms with Gasteiger partial charge in [0, 0.05) is 5.92 Å². The van der Waals surface area contributed by atoms with Gasteiger partial charge in [0.15, 0.2) is 6.29 Å². The molecule has 42 heavy (non-hydrogen) atoms. The highest BCUT2D eigenvalue weighted by Crippen LogP contribution is 2.75.